The lowest BCUT2D eigenvalue weighted by Crippen LogP contribution is -1.38. The van der Waals surface area contributed by atoms with Crippen molar-refractivity contribution in [2.75, 3.05) is 0 Å². The smallest absolute Gasteiger partial charge is 0.00937 e. The van der Waals surface area contributed by atoms with Gasteiger partial charge in [-0.25, -0.2) is 0 Å². The summed E-state index contributed by atoms with van der Waals surface area (Å²) in [6.07, 6.45) is 0. The van der Waals surface area contributed by atoms with Crippen molar-refractivity contribution < 1.29 is 4.70 Å². The Kier molecular flexibility index (Phi) is 5.68. The van der Waals surface area contributed by atoms with Crippen LogP contribution in [0.5, 0.6) is 0 Å². The minimum atomic E-state index is 0. The first-order valence-corrected chi connectivity index (χ1v) is 3.75. The van der Waals surface area contributed by atoms with Gasteiger partial charge in [0.25, 0.3) is 0 Å². The normalized spacial score (nSPS) is 7.20. The molecule has 0 spiro atoms. The van der Waals surface area contributed by atoms with E-state index < -0.39 is 0 Å². The highest BCUT2D eigenvalue weighted by atomic mass is 32.1. The zero-order valence-corrected chi connectivity index (χ0v) is 6.25. The highest BCUT2D eigenvalue weighted by Gasteiger charge is 1.58. The third-order valence-corrected chi connectivity index (χ3v) is 1.50. The molecule has 0 saturated carbocycles. The summed E-state index contributed by atoms with van der Waals surface area (Å²) in [7, 11) is 0. The zero-order valence-electron chi connectivity index (χ0n) is 5.44. The standard InChI is InChI=1S/C8H8S.FH/c1-2-4-6-8-9-7-5-3-1;/h1-8H;1H. The van der Waals surface area contributed by atoms with Crippen LogP contribution < -0.4 is 0 Å². The van der Waals surface area contributed by atoms with Crippen LogP contribution >= 0.6 is 11.3 Å². The van der Waals surface area contributed by atoms with Crippen molar-refractivity contribution in [1.82, 2.24) is 0 Å². The summed E-state index contributed by atoms with van der Waals surface area (Å²) in [5.41, 5.74) is 0. The summed E-state index contributed by atoms with van der Waals surface area (Å²) in [4.78, 5) is 0. The SMILES string of the molecule is F.c1ccccsccc1. The summed E-state index contributed by atoms with van der Waals surface area (Å²) >= 11 is 1.68. The molecule has 0 aliphatic carbocycles. The molecule has 0 nitrogen and oxygen atoms in total. The number of hydrogen-bond acceptors (Lipinski definition) is 1. The van der Waals surface area contributed by atoms with E-state index in [1.54, 1.807) is 11.3 Å². The van der Waals surface area contributed by atoms with E-state index in [0.29, 0.717) is 0 Å². The predicted molar refractivity (Wildman–Crippen MR) is 44.5 cm³/mol. The van der Waals surface area contributed by atoms with Crippen LogP contribution in [0.15, 0.2) is 47.2 Å². The second kappa shape index (κ2) is 6.23. The van der Waals surface area contributed by atoms with Crippen LogP contribution in [0.3, 0.4) is 0 Å². The second-order valence-electron chi connectivity index (χ2n) is 1.56. The van der Waals surface area contributed by atoms with Crippen molar-refractivity contribution >= 4 is 11.3 Å². The molecular formula is C8H9FS. The average molecular weight is 156 g/mol. The fourth-order valence-corrected chi connectivity index (χ4v) is 0.937. The minimum Gasteiger partial charge on any atom is -0.269 e. The zero-order chi connectivity index (χ0) is 6.36. The Morgan fingerprint density at radius 1 is 0.600 bits per heavy atom. The number of hydrogen-bond donors (Lipinski definition) is 0. The fraction of sp³-hybridized carbons (Fsp3) is 0. The summed E-state index contributed by atoms with van der Waals surface area (Å²) in [5, 5.41) is 4.08. The Hall–Kier alpha value is -0.890. The molecule has 2 heteroatoms. The van der Waals surface area contributed by atoms with Crippen molar-refractivity contribution in [2.24, 2.45) is 0 Å². The first kappa shape index (κ1) is 9.11. The van der Waals surface area contributed by atoms with Crippen LogP contribution in [0.25, 0.3) is 0 Å². The van der Waals surface area contributed by atoms with Gasteiger partial charge in [0, 0.05) is 0 Å². The molecule has 1 heterocycles. The van der Waals surface area contributed by atoms with E-state index in [9.17, 15) is 0 Å². The molecule has 0 aliphatic rings. The van der Waals surface area contributed by atoms with E-state index in [0.717, 1.165) is 0 Å². The molecule has 0 atom stereocenters. The molecule has 0 saturated heterocycles. The lowest BCUT2D eigenvalue weighted by Gasteiger charge is -1.59. The van der Waals surface area contributed by atoms with Crippen LogP contribution in [-0.4, -0.2) is 0 Å². The van der Waals surface area contributed by atoms with Gasteiger partial charge in [-0.15, -0.1) is 0 Å². The van der Waals surface area contributed by atoms with Crippen LogP contribution in [0.1, 0.15) is 0 Å². The molecule has 0 amide bonds. The van der Waals surface area contributed by atoms with Gasteiger partial charge in [0.2, 0.25) is 0 Å². The van der Waals surface area contributed by atoms with E-state index in [2.05, 4.69) is 0 Å². The van der Waals surface area contributed by atoms with Crippen molar-refractivity contribution in [3.05, 3.63) is 47.2 Å². The van der Waals surface area contributed by atoms with Crippen molar-refractivity contribution in [2.45, 2.75) is 0 Å². The average Bonchev–Trinajstić information content (AvgIpc) is 2.00. The largest absolute Gasteiger partial charge is 0.269 e. The summed E-state index contributed by atoms with van der Waals surface area (Å²) in [5.74, 6) is 0. The van der Waals surface area contributed by atoms with Crippen LogP contribution in [0.2, 0.25) is 0 Å². The summed E-state index contributed by atoms with van der Waals surface area (Å²) in [6.45, 7) is 0. The first-order valence-electron chi connectivity index (χ1n) is 2.80. The Labute approximate surface area is 63.8 Å². The molecule has 54 valence electrons. The summed E-state index contributed by atoms with van der Waals surface area (Å²) in [6, 6.07) is 12.1. The molecule has 0 bridgehead atoms. The van der Waals surface area contributed by atoms with Gasteiger partial charge in [-0.05, 0) is 10.8 Å². The molecule has 10 heavy (non-hydrogen) atoms. The van der Waals surface area contributed by atoms with Gasteiger partial charge < -0.3 is 0 Å². The van der Waals surface area contributed by atoms with Gasteiger partial charge in [0.1, 0.15) is 0 Å². The third kappa shape index (κ3) is 4.04. The highest BCUT2D eigenvalue weighted by Crippen LogP contribution is 1.88. The molecule has 0 aliphatic heterocycles. The maximum atomic E-state index is 2.04. The van der Waals surface area contributed by atoms with E-state index in [-0.39, 0.29) is 4.70 Å². The molecule has 1 aromatic rings. The first-order chi connectivity index (χ1) is 4.50. The van der Waals surface area contributed by atoms with Crippen LogP contribution in [0, 0.1) is 0 Å². The van der Waals surface area contributed by atoms with Crippen molar-refractivity contribution in [3.63, 3.8) is 0 Å². The molecule has 0 fully saturated rings. The predicted octanol–water partition coefficient (Wildman–Crippen LogP) is 3.03. The Balaban J connectivity index is 0.000000810. The number of halogens is 1. The molecule has 0 radical (unpaired) electrons. The maximum absolute atomic E-state index is 2.04. The van der Waals surface area contributed by atoms with Gasteiger partial charge in [-0.2, -0.15) is 11.3 Å². The molecule has 0 aromatic carbocycles. The fourth-order valence-electron chi connectivity index (χ4n) is 0.483. The highest BCUT2D eigenvalue weighted by molar-refractivity contribution is 7.07. The van der Waals surface area contributed by atoms with E-state index in [1.165, 1.54) is 0 Å². The van der Waals surface area contributed by atoms with Crippen molar-refractivity contribution in [3.8, 4) is 0 Å². The Morgan fingerprint density at radius 2 is 1.00 bits per heavy atom. The topological polar surface area (TPSA) is 0 Å². The van der Waals surface area contributed by atoms with Crippen LogP contribution in [0.4, 0.5) is 4.70 Å². The monoisotopic (exact) mass is 156 g/mol. The Morgan fingerprint density at radius 3 is 1.50 bits per heavy atom. The molecule has 1 aromatic heterocycles. The van der Waals surface area contributed by atoms with E-state index in [4.69, 9.17) is 0 Å². The van der Waals surface area contributed by atoms with Gasteiger partial charge in [-0.1, -0.05) is 36.4 Å². The van der Waals surface area contributed by atoms with E-state index >= 15 is 0 Å². The van der Waals surface area contributed by atoms with Gasteiger partial charge in [0.15, 0.2) is 0 Å². The van der Waals surface area contributed by atoms with E-state index in [1.807, 2.05) is 47.2 Å². The quantitative estimate of drug-likeness (QED) is 0.541. The molecular weight excluding hydrogens is 147 g/mol. The van der Waals surface area contributed by atoms with Crippen molar-refractivity contribution in [1.29, 1.82) is 0 Å². The molecule has 0 N–H and O–H groups in total. The maximum Gasteiger partial charge on any atom is -0.00937 e. The lowest BCUT2D eigenvalue weighted by molar-refractivity contribution is 1.11. The van der Waals surface area contributed by atoms with Gasteiger partial charge >= 0.3 is 0 Å². The number of rotatable bonds is 0. The second-order valence-corrected chi connectivity index (χ2v) is 2.38. The van der Waals surface area contributed by atoms with Gasteiger partial charge in [-0.3, -0.25) is 4.70 Å². The molecule has 1 rings (SSSR count). The lowest BCUT2D eigenvalue weighted by atomic mass is 10.5. The third-order valence-electron chi connectivity index (χ3n) is 0.870. The summed E-state index contributed by atoms with van der Waals surface area (Å²) < 4.78 is 0. The molecule has 0 unspecified atom stereocenters. The van der Waals surface area contributed by atoms with Gasteiger partial charge in [0.05, 0.1) is 0 Å². The minimum absolute atomic E-state index is 0. The van der Waals surface area contributed by atoms with Crippen LogP contribution in [-0.2, 0) is 0 Å². The Bertz CT molecular complexity index is 131.